The van der Waals surface area contributed by atoms with E-state index in [1.165, 1.54) is 12.1 Å². The highest BCUT2D eigenvalue weighted by molar-refractivity contribution is 6.12. The minimum Gasteiger partial charge on any atom is -0.336 e. The predicted molar refractivity (Wildman–Crippen MR) is 87.6 cm³/mol. The van der Waals surface area contributed by atoms with Crippen molar-refractivity contribution in [3.05, 3.63) is 52.6 Å². The number of aryl methyl sites for hydroxylation is 2. The number of hydrogen-bond donors (Lipinski definition) is 1. The molecule has 3 aromatic rings. The van der Waals surface area contributed by atoms with Crippen LogP contribution in [0.15, 0.2) is 28.8 Å². The first-order valence-corrected chi connectivity index (χ1v) is 7.87. The first kappa shape index (κ1) is 14.8. The van der Waals surface area contributed by atoms with Crippen LogP contribution in [0.25, 0.3) is 11.1 Å². The number of fused-ring (bicyclic) bond motifs is 1. The topological polar surface area (TPSA) is 68.0 Å². The summed E-state index contributed by atoms with van der Waals surface area (Å²) < 4.78 is 18.7. The van der Waals surface area contributed by atoms with Crippen molar-refractivity contribution in [2.75, 3.05) is 5.32 Å². The fourth-order valence-electron chi connectivity index (χ4n) is 2.80. The van der Waals surface area contributed by atoms with Gasteiger partial charge in [0.25, 0.3) is 11.6 Å². The molecule has 0 atom stereocenters. The maximum atomic E-state index is 13.5. The minimum atomic E-state index is -0.393. The molecule has 122 valence electrons. The lowest BCUT2D eigenvalue weighted by atomic mass is 10.1. The van der Waals surface area contributed by atoms with Crippen molar-refractivity contribution < 1.29 is 13.7 Å². The zero-order valence-corrected chi connectivity index (χ0v) is 13.4. The highest BCUT2D eigenvalue weighted by Crippen LogP contribution is 2.40. The molecule has 1 aliphatic rings. The number of rotatable bonds is 3. The van der Waals surface area contributed by atoms with Gasteiger partial charge in [0.05, 0.1) is 16.6 Å². The Bertz CT molecular complexity index is 960. The summed E-state index contributed by atoms with van der Waals surface area (Å²) in [7, 11) is 0. The van der Waals surface area contributed by atoms with Crippen LogP contribution in [0.2, 0.25) is 0 Å². The molecule has 6 heteroatoms. The Hall–Kier alpha value is -2.76. The van der Waals surface area contributed by atoms with Gasteiger partial charge < -0.3 is 9.84 Å². The summed E-state index contributed by atoms with van der Waals surface area (Å²) in [5.74, 6) is -0.331. The Labute approximate surface area is 137 Å². The van der Waals surface area contributed by atoms with Crippen LogP contribution in [0.3, 0.4) is 0 Å². The fourth-order valence-corrected chi connectivity index (χ4v) is 2.80. The molecule has 2 aromatic heterocycles. The molecule has 1 amide bonds. The molecule has 24 heavy (non-hydrogen) atoms. The molecule has 1 saturated carbocycles. The van der Waals surface area contributed by atoms with Gasteiger partial charge in [-0.25, -0.2) is 9.37 Å². The molecule has 1 fully saturated rings. The van der Waals surface area contributed by atoms with E-state index in [1.54, 1.807) is 19.1 Å². The van der Waals surface area contributed by atoms with Gasteiger partial charge in [-0.2, -0.15) is 0 Å². The van der Waals surface area contributed by atoms with Crippen LogP contribution in [0.4, 0.5) is 10.1 Å². The number of hydrogen-bond acceptors (Lipinski definition) is 4. The summed E-state index contributed by atoms with van der Waals surface area (Å²) in [4.78, 5) is 17.3. The number of anilines is 1. The number of carbonyl (C=O) groups excluding carboxylic acids is 1. The zero-order valence-electron chi connectivity index (χ0n) is 13.4. The predicted octanol–water partition coefficient (Wildman–Crippen LogP) is 4.11. The van der Waals surface area contributed by atoms with Gasteiger partial charge in [0, 0.05) is 17.3 Å². The van der Waals surface area contributed by atoms with Crippen molar-refractivity contribution >= 4 is 22.7 Å². The molecular weight excluding hydrogens is 309 g/mol. The second-order valence-electron chi connectivity index (χ2n) is 6.23. The van der Waals surface area contributed by atoms with Crippen molar-refractivity contribution in [1.29, 1.82) is 0 Å². The molecule has 1 aromatic carbocycles. The Morgan fingerprint density at radius 3 is 2.83 bits per heavy atom. The van der Waals surface area contributed by atoms with Crippen LogP contribution in [-0.2, 0) is 0 Å². The van der Waals surface area contributed by atoms with Gasteiger partial charge >= 0.3 is 0 Å². The van der Waals surface area contributed by atoms with Crippen LogP contribution >= 0.6 is 0 Å². The number of nitrogens with one attached hydrogen (secondary N) is 1. The van der Waals surface area contributed by atoms with Gasteiger partial charge in [0.2, 0.25) is 0 Å². The van der Waals surface area contributed by atoms with Gasteiger partial charge in [0.1, 0.15) is 5.82 Å². The van der Waals surface area contributed by atoms with E-state index in [-0.39, 0.29) is 5.91 Å². The van der Waals surface area contributed by atoms with Crippen molar-refractivity contribution in [2.45, 2.75) is 32.6 Å². The quantitative estimate of drug-likeness (QED) is 0.787. The lowest BCUT2D eigenvalue weighted by Crippen LogP contribution is -2.14. The van der Waals surface area contributed by atoms with E-state index in [1.807, 2.05) is 6.92 Å². The Balaban J connectivity index is 1.78. The van der Waals surface area contributed by atoms with Gasteiger partial charge in [-0.3, -0.25) is 4.79 Å². The Morgan fingerprint density at radius 1 is 1.29 bits per heavy atom. The Kier molecular flexibility index (Phi) is 3.33. The standard InChI is InChI=1S/C18H16FN3O2/c1-9-3-6-12(19)7-14(9)20-17(23)13-8-15(11-4-5-11)21-18-16(13)10(2)22-24-18/h3,6-8,11H,4-5H2,1-2H3,(H,20,23). The molecule has 4 rings (SSSR count). The van der Waals surface area contributed by atoms with Gasteiger partial charge in [-0.05, 0) is 50.5 Å². The first-order chi connectivity index (χ1) is 11.5. The minimum absolute atomic E-state index is 0.315. The summed E-state index contributed by atoms with van der Waals surface area (Å²) in [5, 5.41) is 7.31. The number of nitrogens with zero attached hydrogens (tertiary/aromatic N) is 2. The normalized spacial score (nSPS) is 14.1. The van der Waals surface area contributed by atoms with Crippen LogP contribution in [0.1, 0.15) is 46.1 Å². The highest BCUT2D eigenvalue weighted by Gasteiger charge is 2.28. The number of aromatic nitrogens is 2. The smallest absolute Gasteiger partial charge is 0.259 e. The number of pyridine rings is 1. The van der Waals surface area contributed by atoms with Crippen LogP contribution in [0.5, 0.6) is 0 Å². The molecule has 0 radical (unpaired) electrons. The van der Waals surface area contributed by atoms with Crippen LogP contribution in [-0.4, -0.2) is 16.0 Å². The molecule has 0 spiro atoms. The maximum Gasteiger partial charge on any atom is 0.259 e. The largest absolute Gasteiger partial charge is 0.336 e. The third-order valence-electron chi connectivity index (χ3n) is 4.32. The molecule has 1 N–H and O–H groups in total. The molecule has 1 aliphatic carbocycles. The summed E-state index contributed by atoms with van der Waals surface area (Å²) in [5.41, 5.74) is 3.54. The summed E-state index contributed by atoms with van der Waals surface area (Å²) in [6, 6.07) is 6.11. The average Bonchev–Trinajstić information content (AvgIpc) is 3.34. The zero-order chi connectivity index (χ0) is 16.8. The maximum absolute atomic E-state index is 13.5. The van der Waals surface area contributed by atoms with Crippen molar-refractivity contribution in [3.8, 4) is 0 Å². The van der Waals surface area contributed by atoms with Crippen molar-refractivity contribution in [3.63, 3.8) is 0 Å². The summed E-state index contributed by atoms with van der Waals surface area (Å²) >= 11 is 0. The molecule has 0 unspecified atom stereocenters. The third kappa shape index (κ3) is 2.54. The van der Waals surface area contributed by atoms with Crippen molar-refractivity contribution in [2.24, 2.45) is 0 Å². The van der Waals surface area contributed by atoms with E-state index in [9.17, 15) is 9.18 Å². The lowest BCUT2D eigenvalue weighted by Gasteiger charge is -2.10. The van der Waals surface area contributed by atoms with E-state index >= 15 is 0 Å². The van der Waals surface area contributed by atoms with E-state index in [0.717, 1.165) is 24.1 Å². The van der Waals surface area contributed by atoms with Crippen LogP contribution in [0, 0.1) is 19.7 Å². The van der Waals surface area contributed by atoms with E-state index in [2.05, 4.69) is 15.5 Å². The average molecular weight is 325 g/mol. The summed E-state index contributed by atoms with van der Waals surface area (Å²) in [6.45, 7) is 3.59. The number of carbonyl (C=O) groups is 1. The first-order valence-electron chi connectivity index (χ1n) is 7.87. The van der Waals surface area contributed by atoms with Gasteiger partial charge in [-0.15, -0.1) is 0 Å². The molecule has 0 aliphatic heterocycles. The molecule has 0 saturated heterocycles. The van der Waals surface area contributed by atoms with Gasteiger partial charge in [-0.1, -0.05) is 11.2 Å². The number of benzene rings is 1. The van der Waals surface area contributed by atoms with E-state index in [4.69, 9.17) is 4.52 Å². The van der Waals surface area contributed by atoms with Crippen molar-refractivity contribution in [1.82, 2.24) is 10.1 Å². The molecular formula is C18H16FN3O2. The van der Waals surface area contributed by atoms with E-state index < -0.39 is 5.82 Å². The molecule has 0 bridgehead atoms. The van der Waals surface area contributed by atoms with E-state index in [0.29, 0.717) is 34.0 Å². The number of amides is 1. The van der Waals surface area contributed by atoms with Gasteiger partial charge in [0.15, 0.2) is 0 Å². The second-order valence-corrected chi connectivity index (χ2v) is 6.23. The molecule has 2 heterocycles. The number of halogens is 1. The highest BCUT2D eigenvalue weighted by atomic mass is 19.1. The SMILES string of the molecule is Cc1ccc(F)cc1NC(=O)c1cc(C2CC2)nc2onc(C)c12. The summed E-state index contributed by atoms with van der Waals surface area (Å²) in [6.07, 6.45) is 2.13. The fraction of sp³-hybridized carbons (Fsp3) is 0.278. The Morgan fingerprint density at radius 2 is 2.08 bits per heavy atom. The third-order valence-corrected chi connectivity index (χ3v) is 4.32. The van der Waals surface area contributed by atoms with Crippen LogP contribution < -0.4 is 5.32 Å². The monoisotopic (exact) mass is 325 g/mol. The lowest BCUT2D eigenvalue weighted by molar-refractivity contribution is 0.102. The molecule has 5 nitrogen and oxygen atoms in total. The second kappa shape index (κ2) is 5.40.